The highest BCUT2D eigenvalue weighted by Gasteiger charge is 2.22. The highest BCUT2D eigenvalue weighted by molar-refractivity contribution is 5.75. The van der Waals surface area contributed by atoms with Crippen molar-refractivity contribution in [1.82, 2.24) is 4.98 Å². The number of aromatic nitrogens is 1. The molecule has 28 heavy (non-hydrogen) atoms. The van der Waals surface area contributed by atoms with Gasteiger partial charge >= 0.3 is 5.97 Å². The lowest BCUT2D eigenvalue weighted by atomic mass is 10.1. The molecule has 0 radical (unpaired) electrons. The zero-order valence-electron chi connectivity index (χ0n) is 15.2. The molecule has 2 aromatic carbocycles. The van der Waals surface area contributed by atoms with E-state index in [1.54, 1.807) is 6.92 Å². The first kappa shape index (κ1) is 19.3. The van der Waals surface area contributed by atoms with Gasteiger partial charge in [-0.25, -0.2) is 13.8 Å². The Morgan fingerprint density at radius 3 is 2.50 bits per heavy atom. The van der Waals surface area contributed by atoms with E-state index in [2.05, 4.69) is 4.98 Å². The lowest BCUT2D eigenvalue weighted by Gasteiger charge is -2.11. The van der Waals surface area contributed by atoms with Gasteiger partial charge in [0, 0.05) is 11.1 Å². The molecule has 6 nitrogen and oxygen atoms in total. The van der Waals surface area contributed by atoms with E-state index in [-0.39, 0.29) is 41.0 Å². The number of oxazole rings is 1. The minimum atomic E-state index is -1.13. The Morgan fingerprint density at radius 1 is 1.18 bits per heavy atom. The lowest BCUT2D eigenvalue weighted by Crippen LogP contribution is -2.02. The highest BCUT2D eigenvalue weighted by Crippen LogP contribution is 2.38. The fraction of sp³-hybridized carbons (Fsp3) is 0.200. The Morgan fingerprint density at radius 2 is 1.89 bits per heavy atom. The molecule has 0 saturated heterocycles. The largest absolute Gasteiger partial charge is 0.493 e. The smallest absolute Gasteiger partial charge is 0.309 e. The van der Waals surface area contributed by atoms with Gasteiger partial charge in [0.2, 0.25) is 5.89 Å². The minimum Gasteiger partial charge on any atom is -0.493 e. The van der Waals surface area contributed by atoms with Gasteiger partial charge in [0.25, 0.3) is 0 Å². The predicted molar refractivity (Wildman–Crippen MR) is 96.4 cm³/mol. The summed E-state index contributed by atoms with van der Waals surface area (Å²) in [5.74, 6) is -1.97. The second kappa shape index (κ2) is 8.08. The molecule has 1 aromatic heterocycles. The summed E-state index contributed by atoms with van der Waals surface area (Å²) in [6.07, 6.45) is -0.433. The van der Waals surface area contributed by atoms with E-state index in [0.29, 0.717) is 5.56 Å². The van der Waals surface area contributed by atoms with E-state index in [1.807, 2.05) is 0 Å². The normalized spacial score (nSPS) is 10.7. The number of hydrogen-bond donors (Lipinski definition) is 1. The van der Waals surface area contributed by atoms with Crippen LogP contribution in [0.25, 0.3) is 22.8 Å². The fourth-order valence-electron chi connectivity index (χ4n) is 2.69. The summed E-state index contributed by atoms with van der Waals surface area (Å²) in [6, 6.07) is 8.01. The Bertz CT molecular complexity index is 999. The Hall–Kier alpha value is -3.42. The van der Waals surface area contributed by atoms with Gasteiger partial charge in [-0.2, -0.15) is 0 Å². The lowest BCUT2D eigenvalue weighted by molar-refractivity contribution is -0.136. The van der Waals surface area contributed by atoms with Crippen molar-refractivity contribution >= 4 is 5.97 Å². The van der Waals surface area contributed by atoms with Gasteiger partial charge in [-0.15, -0.1) is 0 Å². The SMILES string of the molecule is CCOc1c(F)cc(-c2oc(-c3ccc(F)cc3)nc2CC(=O)O)cc1OC. The number of carbonyl (C=O) groups is 1. The van der Waals surface area contributed by atoms with Crippen molar-refractivity contribution in [3.63, 3.8) is 0 Å². The number of aliphatic carboxylic acids is 1. The van der Waals surface area contributed by atoms with E-state index in [9.17, 15) is 18.7 Å². The van der Waals surface area contributed by atoms with E-state index in [1.165, 1.54) is 37.4 Å². The third-order valence-electron chi connectivity index (χ3n) is 3.89. The molecule has 8 heteroatoms. The average Bonchev–Trinajstić information content (AvgIpc) is 3.07. The van der Waals surface area contributed by atoms with Crippen LogP contribution in [0.15, 0.2) is 40.8 Å². The maximum absolute atomic E-state index is 14.5. The minimum absolute atomic E-state index is 0.0493. The quantitative estimate of drug-likeness (QED) is 0.648. The Balaban J connectivity index is 2.13. The zero-order chi connectivity index (χ0) is 20.3. The van der Waals surface area contributed by atoms with Crippen LogP contribution in [0.4, 0.5) is 8.78 Å². The molecule has 0 fully saturated rings. The van der Waals surface area contributed by atoms with Crippen LogP contribution in [-0.4, -0.2) is 29.8 Å². The van der Waals surface area contributed by atoms with Crippen molar-refractivity contribution in [2.75, 3.05) is 13.7 Å². The van der Waals surface area contributed by atoms with Gasteiger partial charge in [-0.1, -0.05) is 0 Å². The molecule has 0 unspecified atom stereocenters. The first-order valence-corrected chi connectivity index (χ1v) is 8.41. The van der Waals surface area contributed by atoms with Crippen LogP contribution < -0.4 is 9.47 Å². The van der Waals surface area contributed by atoms with Gasteiger partial charge in [0.15, 0.2) is 23.1 Å². The molecule has 1 N–H and O–H groups in total. The summed E-state index contributed by atoms with van der Waals surface area (Å²) in [4.78, 5) is 15.4. The highest BCUT2D eigenvalue weighted by atomic mass is 19.1. The van der Waals surface area contributed by atoms with Crippen molar-refractivity contribution in [1.29, 1.82) is 0 Å². The zero-order valence-corrected chi connectivity index (χ0v) is 15.2. The van der Waals surface area contributed by atoms with Crippen LogP contribution >= 0.6 is 0 Å². The summed E-state index contributed by atoms with van der Waals surface area (Å²) in [5.41, 5.74) is 0.810. The number of carboxylic acids is 1. The Kier molecular flexibility index (Phi) is 5.58. The monoisotopic (exact) mass is 389 g/mol. The molecule has 0 saturated carbocycles. The van der Waals surface area contributed by atoms with E-state index in [4.69, 9.17) is 13.9 Å². The van der Waals surface area contributed by atoms with Crippen LogP contribution in [-0.2, 0) is 11.2 Å². The number of benzene rings is 2. The third kappa shape index (κ3) is 3.95. The first-order chi connectivity index (χ1) is 13.4. The molecule has 0 atom stereocenters. The standard InChI is InChI=1S/C20H17F2NO5/c1-3-27-19-14(22)8-12(9-16(19)26-2)18-15(10-17(24)25)23-20(28-18)11-4-6-13(21)7-5-11/h4-9H,3,10H2,1-2H3,(H,24,25). The van der Waals surface area contributed by atoms with Gasteiger partial charge in [0.1, 0.15) is 5.82 Å². The van der Waals surface area contributed by atoms with Gasteiger partial charge in [0.05, 0.1) is 25.8 Å². The summed E-state index contributed by atoms with van der Waals surface area (Å²) in [5, 5.41) is 9.17. The van der Waals surface area contributed by atoms with Crippen LogP contribution in [0.5, 0.6) is 11.5 Å². The number of halogens is 2. The predicted octanol–water partition coefficient (Wildman–Crippen LogP) is 4.32. The second-order valence-corrected chi connectivity index (χ2v) is 5.79. The van der Waals surface area contributed by atoms with Crippen molar-refractivity contribution in [2.24, 2.45) is 0 Å². The molecule has 3 aromatic rings. The first-order valence-electron chi connectivity index (χ1n) is 8.41. The number of ether oxygens (including phenoxy) is 2. The molecular formula is C20H17F2NO5. The van der Waals surface area contributed by atoms with Crippen LogP contribution in [0.1, 0.15) is 12.6 Å². The molecule has 1 heterocycles. The van der Waals surface area contributed by atoms with Gasteiger partial charge in [-0.3, -0.25) is 4.79 Å². The van der Waals surface area contributed by atoms with Crippen molar-refractivity contribution < 1.29 is 32.6 Å². The molecule has 146 valence electrons. The molecule has 0 aliphatic heterocycles. The summed E-state index contributed by atoms with van der Waals surface area (Å²) in [7, 11) is 1.36. The number of hydrogen-bond acceptors (Lipinski definition) is 5. The van der Waals surface area contributed by atoms with E-state index >= 15 is 0 Å². The molecule has 0 spiro atoms. The number of carboxylic acid groups (broad SMARTS) is 1. The van der Waals surface area contributed by atoms with Crippen LogP contribution in [0.3, 0.4) is 0 Å². The molecule has 0 amide bonds. The molecule has 0 aliphatic carbocycles. The van der Waals surface area contributed by atoms with E-state index in [0.717, 1.165) is 6.07 Å². The maximum atomic E-state index is 14.5. The number of methoxy groups -OCH3 is 1. The third-order valence-corrected chi connectivity index (χ3v) is 3.89. The molecule has 0 bridgehead atoms. The van der Waals surface area contributed by atoms with Crippen LogP contribution in [0.2, 0.25) is 0 Å². The average molecular weight is 389 g/mol. The van der Waals surface area contributed by atoms with Crippen LogP contribution in [0, 0.1) is 11.6 Å². The number of nitrogens with zero attached hydrogens (tertiary/aromatic N) is 1. The Labute approximate surface area is 159 Å². The van der Waals surface area contributed by atoms with Gasteiger partial charge in [-0.05, 0) is 43.3 Å². The topological polar surface area (TPSA) is 81.8 Å². The fourth-order valence-corrected chi connectivity index (χ4v) is 2.69. The summed E-state index contributed by atoms with van der Waals surface area (Å²) < 4.78 is 43.8. The molecule has 0 aliphatic rings. The molecular weight excluding hydrogens is 372 g/mol. The molecule has 3 rings (SSSR count). The second-order valence-electron chi connectivity index (χ2n) is 5.79. The van der Waals surface area contributed by atoms with Crippen molar-refractivity contribution in [3.8, 4) is 34.3 Å². The summed E-state index contributed by atoms with van der Waals surface area (Å²) >= 11 is 0. The number of rotatable bonds is 7. The van der Waals surface area contributed by atoms with Gasteiger partial charge < -0.3 is 19.0 Å². The van der Waals surface area contributed by atoms with E-state index < -0.39 is 24.0 Å². The summed E-state index contributed by atoms with van der Waals surface area (Å²) in [6.45, 7) is 1.96. The van der Waals surface area contributed by atoms with Crippen molar-refractivity contribution in [3.05, 3.63) is 53.7 Å². The maximum Gasteiger partial charge on any atom is 0.309 e. The van der Waals surface area contributed by atoms with Crippen molar-refractivity contribution in [2.45, 2.75) is 13.3 Å².